The molecular weight excluding hydrogens is 443 g/mol. The Kier molecular flexibility index (Phi) is 7.26. The number of carbonyl (C=O) groups is 2. The second-order valence-corrected chi connectivity index (χ2v) is 8.95. The van der Waals surface area contributed by atoms with E-state index in [2.05, 4.69) is 10.2 Å². The maximum Gasteiger partial charge on any atom is 0.228 e. The van der Waals surface area contributed by atoms with Gasteiger partial charge in [0.1, 0.15) is 0 Å². The number of nitrogens with zero attached hydrogens (tertiary/aromatic N) is 1. The number of nitrogens with one attached hydrogen (secondary N) is 1. The number of benzene rings is 3. The van der Waals surface area contributed by atoms with Crippen LogP contribution in [0.1, 0.15) is 34.3 Å². The van der Waals surface area contributed by atoms with Crippen LogP contribution in [0.3, 0.4) is 0 Å². The van der Waals surface area contributed by atoms with Gasteiger partial charge in [-0.2, -0.15) is 0 Å². The summed E-state index contributed by atoms with van der Waals surface area (Å²) in [6, 6.07) is 21.8. The second kappa shape index (κ2) is 10.3. The lowest BCUT2D eigenvalue weighted by Crippen LogP contribution is -2.40. The van der Waals surface area contributed by atoms with Gasteiger partial charge >= 0.3 is 0 Å². The van der Waals surface area contributed by atoms with Gasteiger partial charge in [0.2, 0.25) is 5.91 Å². The van der Waals surface area contributed by atoms with Gasteiger partial charge in [0.05, 0.1) is 11.6 Å². The number of likely N-dealkylation sites (tertiary alicyclic amines) is 1. The maximum atomic E-state index is 13.1. The van der Waals surface area contributed by atoms with Crippen LogP contribution in [0.4, 0.5) is 5.69 Å². The summed E-state index contributed by atoms with van der Waals surface area (Å²) in [5.74, 6) is -0.391. The summed E-state index contributed by atoms with van der Waals surface area (Å²) in [5, 5.41) is 4.16. The summed E-state index contributed by atoms with van der Waals surface area (Å²) in [7, 11) is 0. The predicted molar refractivity (Wildman–Crippen MR) is 129 cm³/mol. The van der Waals surface area contributed by atoms with Crippen molar-refractivity contribution in [2.75, 3.05) is 18.4 Å². The minimum absolute atomic E-state index is 0.0739. The van der Waals surface area contributed by atoms with Crippen LogP contribution in [0.2, 0.25) is 10.0 Å². The van der Waals surface area contributed by atoms with Crippen LogP contribution in [0.15, 0.2) is 72.8 Å². The predicted octanol–water partition coefficient (Wildman–Crippen LogP) is 6.08. The van der Waals surface area contributed by atoms with E-state index in [0.29, 0.717) is 33.4 Å². The third-order valence-corrected chi connectivity index (χ3v) is 6.20. The molecule has 1 saturated heterocycles. The number of ketones is 1. The first-order valence-corrected chi connectivity index (χ1v) is 11.4. The van der Waals surface area contributed by atoms with E-state index < -0.39 is 0 Å². The molecule has 0 aromatic heterocycles. The van der Waals surface area contributed by atoms with Crippen molar-refractivity contribution in [2.45, 2.75) is 19.4 Å². The smallest absolute Gasteiger partial charge is 0.228 e. The van der Waals surface area contributed by atoms with Crippen molar-refractivity contribution >= 4 is 40.6 Å². The Labute approximate surface area is 198 Å². The molecule has 0 aliphatic carbocycles. The number of rotatable bonds is 6. The molecule has 1 aliphatic heterocycles. The number of hydrogen-bond donors (Lipinski definition) is 1. The van der Waals surface area contributed by atoms with Crippen molar-refractivity contribution in [3.8, 4) is 0 Å². The molecule has 0 unspecified atom stereocenters. The first-order chi connectivity index (χ1) is 15.5. The van der Waals surface area contributed by atoms with Crippen molar-refractivity contribution < 1.29 is 9.59 Å². The van der Waals surface area contributed by atoms with Gasteiger partial charge < -0.3 is 5.32 Å². The highest BCUT2D eigenvalue weighted by Crippen LogP contribution is 2.26. The number of amides is 1. The second-order valence-electron chi connectivity index (χ2n) is 8.08. The fourth-order valence-electron chi connectivity index (χ4n) is 4.05. The Hall–Kier alpha value is -2.66. The summed E-state index contributed by atoms with van der Waals surface area (Å²) >= 11 is 12.1. The van der Waals surface area contributed by atoms with Gasteiger partial charge in [-0.25, -0.2) is 0 Å². The molecule has 4 nitrogen and oxygen atoms in total. The Morgan fingerprint density at radius 3 is 2.41 bits per heavy atom. The monoisotopic (exact) mass is 466 g/mol. The molecule has 1 amide bonds. The highest BCUT2D eigenvalue weighted by atomic mass is 35.5. The number of piperidine rings is 1. The quantitative estimate of drug-likeness (QED) is 0.448. The zero-order chi connectivity index (χ0) is 22.5. The zero-order valence-corrected chi connectivity index (χ0v) is 19.1. The van der Waals surface area contributed by atoms with Gasteiger partial charge in [0.25, 0.3) is 0 Å². The first kappa shape index (κ1) is 22.5. The lowest BCUT2D eigenvalue weighted by molar-refractivity contribution is -0.121. The fourth-order valence-corrected chi connectivity index (χ4v) is 4.35. The maximum absolute atomic E-state index is 13.1. The lowest BCUT2D eigenvalue weighted by Gasteiger charge is -2.32. The molecule has 6 heteroatoms. The molecule has 0 bridgehead atoms. The minimum atomic E-state index is -0.170. The third-order valence-electron chi connectivity index (χ3n) is 5.72. The van der Waals surface area contributed by atoms with Crippen LogP contribution in [0.25, 0.3) is 0 Å². The normalized spacial score (nSPS) is 16.5. The molecule has 4 rings (SSSR count). The number of hydrogen-bond acceptors (Lipinski definition) is 3. The number of halogens is 2. The van der Waals surface area contributed by atoms with Crippen LogP contribution in [-0.4, -0.2) is 29.7 Å². The third kappa shape index (κ3) is 5.57. The zero-order valence-electron chi connectivity index (χ0n) is 17.6. The van der Waals surface area contributed by atoms with Gasteiger partial charge in [-0.1, -0.05) is 65.7 Å². The molecular formula is C26H24Cl2N2O2. The van der Waals surface area contributed by atoms with Gasteiger partial charge in [0.15, 0.2) is 5.78 Å². The summed E-state index contributed by atoms with van der Waals surface area (Å²) in [5.41, 5.74) is 2.61. The molecule has 0 spiro atoms. The molecule has 164 valence electrons. The van der Waals surface area contributed by atoms with Crippen LogP contribution in [-0.2, 0) is 11.3 Å². The fraction of sp³-hybridized carbons (Fsp3) is 0.231. The SMILES string of the molecule is O=C(c1ccccc1)c1cc(Cl)ccc1NC(=O)[C@H]1CCCN(Cc2ccc(Cl)cc2)C1. The number of anilines is 1. The average molecular weight is 467 g/mol. The molecule has 1 heterocycles. The molecule has 1 N–H and O–H groups in total. The Morgan fingerprint density at radius 1 is 0.938 bits per heavy atom. The summed E-state index contributed by atoms with van der Waals surface area (Å²) in [6.07, 6.45) is 1.76. The molecule has 0 radical (unpaired) electrons. The molecule has 1 fully saturated rings. The van der Waals surface area contributed by atoms with Crippen LogP contribution < -0.4 is 5.32 Å². The van der Waals surface area contributed by atoms with E-state index in [9.17, 15) is 9.59 Å². The van der Waals surface area contributed by atoms with Crippen molar-refractivity contribution in [3.05, 3.63) is 99.5 Å². The molecule has 32 heavy (non-hydrogen) atoms. The van der Waals surface area contributed by atoms with Crippen molar-refractivity contribution in [3.63, 3.8) is 0 Å². The van der Waals surface area contributed by atoms with Crippen molar-refractivity contribution in [1.82, 2.24) is 4.90 Å². The highest BCUT2D eigenvalue weighted by Gasteiger charge is 2.27. The topological polar surface area (TPSA) is 49.4 Å². The van der Waals surface area contributed by atoms with E-state index in [1.165, 1.54) is 5.56 Å². The molecule has 0 saturated carbocycles. The summed E-state index contributed by atoms with van der Waals surface area (Å²) < 4.78 is 0. The van der Waals surface area contributed by atoms with Crippen molar-refractivity contribution in [2.24, 2.45) is 5.92 Å². The van der Waals surface area contributed by atoms with Gasteiger partial charge in [-0.05, 0) is 55.3 Å². The van der Waals surface area contributed by atoms with E-state index in [4.69, 9.17) is 23.2 Å². The lowest BCUT2D eigenvalue weighted by atomic mass is 9.96. The first-order valence-electron chi connectivity index (χ1n) is 10.7. The Morgan fingerprint density at radius 2 is 1.66 bits per heavy atom. The van der Waals surface area contributed by atoms with E-state index in [0.717, 1.165) is 25.9 Å². The summed E-state index contributed by atoms with van der Waals surface area (Å²) in [6.45, 7) is 2.40. The molecule has 3 aromatic carbocycles. The minimum Gasteiger partial charge on any atom is -0.325 e. The standard InChI is InChI=1S/C26H24Cl2N2O2/c27-21-10-8-18(9-11-21)16-30-14-4-7-20(17-30)26(32)29-24-13-12-22(28)15-23(24)25(31)19-5-2-1-3-6-19/h1-3,5-6,8-13,15,20H,4,7,14,16-17H2,(H,29,32)/t20-/m0/s1. The largest absolute Gasteiger partial charge is 0.325 e. The van der Waals surface area contributed by atoms with E-state index in [1.54, 1.807) is 30.3 Å². The van der Waals surface area contributed by atoms with Gasteiger partial charge in [0, 0.05) is 34.3 Å². The van der Waals surface area contributed by atoms with Crippen molar-refractivity contribution in [1.29, 1.82) is 0 Å². The Bertz CT molecular complexity index is 1100. The van der Waals surface area contributed by atoms with E-state index >= 15 is 0 Å². The van der Waals surface area contributed by atoms with Crippen LogP contribution >= 0.6 is 23.2 Å². The van der Waals surface area contributed by atoms with Crippen LogP contribution in [0.5, 0.6) is 0 Å². The Balaban J connectivity index is 1.46. The molecule has 3 aromatic rings. The van der Waals surface area contributed by atoms with Gasteiger partial charge in [-0.15, -0.1) is 0 Å². The van der Waals surface area contributed by atoms with Crippen LogP contribution in [0, 0.1) is 5.92 Å². The summed E-state index contributed by atoms with van der Waals surface area (Å²) in [4.78, 5) is 28.4. The van der Waals surface area contributed by atoms with E-state index in [-0.39, 0.29) is 17.6 Å². The van der Waals surface area contributed by atoms with Gasteiger partial charge in [-0.3, -0.25) is 14.5 Å². The molecule has 1 aliphatic rings. The molecule has 1 atom stereocenters. The average Bonchev–Trinajstić information content (AvgIpc) is 2.82. The van der Waals surface area contributed by atoms with E-state index in [1.807, 2.05) is 42.5 Å². The number of carbonyl (C=O) groups excluding carboxylic acids is 2. The highest BCUT2D eigenvalue weighted by molar-refractivity contribution is 6.31.